The van der Waals surface area contributed by atoms with Crippen molar-refractivity contribution in [1.29, 1.82) is 0 Å². The highest BCUT2D eigenvalue weighted by Gasteiger charge is 2.51. The summed E-state index contributed by atoms with van der Waals surface area (Å²) in [6, 6.07) is 0. The van der Waals surface area contributed by atoms with E-state index in [1.54, 1.807) is 0 Å². The third-order valence-electron chi connectivity index (χ3n) is 6.59. The van der Waals surface area contributed by atoms with Crippen LogP contribution in [0, 0.1) is 0 Å². The largest absolute Gasteiger partial charge is 0.472 e. The molecule has 7 N–H and O–H groups in total. The molecule has 8 atom stereocenters. The van der Waals surface area contributed by atoms with E-state index in [1.165, 1.54) is 25.7 Å². The van der Waals surface area contributed by atoms with Gasteiger partial charge in [0.2, 0.25) is 0 Å². The monoisotopic (exact) mass is 584 g/mol. The van der Waals surface area contributed by atoms with Gasteiger partial charge in [0.15, 0.2) is 0 Å². The molecule has 1 aliphatic rings. The number of allylic oxidation sites excluding steroid dienone is 2. The Kier molecular flexibility index (Phi) is 18.6. The molecule has 0 aromatic rings. The van der Waals surface area contributed by atoms with Crippen LogP contribution in [0.3, 0.4) is 0 Å². The first-order valence-corrected chi connectivity index (χ1v) is 15.5. The van der Waals surface area contributed by atoms with E-state index in [9.17, 15) is 44.9 Å². The van der Waals surface area contributed by atoms with Crippen LogP contribution in [0.5, 0.6) is 0 Å². The van der Waals surface area contributed by atoms with Gasteiger partial charge in [0, 0.05) is 6.42 Å². The van der Waals surface area contributed by atoms with Gasteiger partial charge < -0.3 is 40.3 Å². The highest BCUT2D eigenvalue weighted by atomic mass is 31.2. The molecule has 0 amide bonds. The summed E-state index contributed by atoms with van der Waals surface area (Å²) in [7, 11) is -4.98. The van der Waals surface area contributed by atoms with E-state index in [4.69, 9.17) is 4.74 Å². The maximum Gasteiger partial charge on any atom is 0.472 e. The van der Waals surface area contributed by atoms with Crippen LogP contribution in [0.1, 0.15) is 90.4 Å². The Morgan fingerprint density at radius 1 is 0.769 bits per heavy atom. The number of esters is 1. The Bertz CT molecular complexity index is 720. The van der Waals surface area contributed by atoms with Gasteiger partial charge >= 0.3 is 13.8 Å². The van der Waals surface area contributed by atoms with Crippen LogP contribution in [0.4, 0.5) is 0 Å². The zero-order valence-corrected chi connectivity index (χ0v) is 23.8. The molecule has 0 spiro atoms. The van der Waals surface area contributed by atoms with Crippen molar-refractivity contribution in [1.82, 2.24) is 0 Å². The SMILES string of the molecule is CCCCCC/C=C\CCCCCCCCC(=O)OC[C@@H](O)COP(=O)(O)O[C@H]1C(O)C(O)C(O)[C@@H](O)C1O. The molecule has 0 aromatic heterocycles. The molecule has 0 aromatic carbocycles. The second-order valence-electron chi connectivity index (χ2n) is 10.1. The van der Waals surface area contributed by atoms with Crippen molar-refractivity contribution in [2.24, 2.45) is 0 Å². The van der Waals surface area contributed by atoms with Crippen molar-refractivity contribution in [3.8, 4) is 0 Å². The summed E-state index contributed by atoms with van der Waals surface area (Å²) in [4.78, 5) is 21.7. The Labute approximate surface area is 231 Å². The summed E-state index contributed by atoms with van der Waals surface area (Å²) in [6.45, 7) is 0.952. The highest BCUT2D eigenvalue weighted by molar-refractivity contribution is 7.47. The summed E-state index contributed by atoms with van der Waals surface area (Å²) < 4.78 is 26.3. The van der Waals surface area contributed by atoms with Crippen LogP contribution in [-0.4, -0.2) is 97.4 Å². The van der Waals surface area contributed by atoms with Crippen LogP contribution >= 0.6 is 7.82 Å². The van der Waals surface area contributed by atoms with Gasteiger partial charge in [-0.1, -0.05) is 64.0 Å². The number of carbonyl (C=O) groups excluding carboxylic acids is 1. The lowest BCUT2D eigenvalue weighted by Crippen LogP contribution is -2.64. The Hall–Kier alpha value is -0.920. The zero-order valence-electron chi connectivity index (χ0n) is 22.9. The Morgan fingerprint density at radius 3 is 1.82 bits per heavy atom. The van der Waals surface area contributed by atoms with Crippen LogP contribution in [0.2, 0.25) is 0 Å². The Balaban J connectivity index is 2.11. The Morgan fingerprint density at radius 2 is 1.26 bits per heavy atom. The van der Waals surface area contributed by atoms with Gasteiger partial charge in [0.25, 0.3) is 0 Å². The van der Waals surface area contributed by atoms with E-state index in [0.717, 1.165) is 44.9 Å². The maximum atomic E-state index is 12.1. The third-order valence-corrected chi connectivity index (χ3v) is 7.57. The predicted octanol–water partition coefficient (Wildman–Crippen LogP) is 1.86. The number of unbranched alkanes of at least 4 members (excludes halogenated alkanes) is 10. The lowest BCUT2D eigenvalue weighted by atomic mass is 9.85. The molecular formula is C26H49O12P. The van der Waals surface area contributed by atoms with Crippen LogP contribution in [-0.2, 0) is 23.1 Å². The minimum atomic E-state index is -4.98. The standard InChI is InChI=1S/C26H49O12P/c1-2-3-4-5-6-7-8-9-10-11-12-13-14-15-16-20(28)36-17-19(27)18-37-39(34,35)38-26-24(32)22(30)21(29)23(31)25(26)33/h7-8,19,21-27,29-33H,2-6,9-18H2,1H3,(H,34,35)/b8-7-/t19-,21?,22-,23?,24?,25?,26-/m1/s1. The van der Waals surface area contributed by atoms with Gasteiger partial charge in [0.1, 0.15) is 49.3 Å². The van der Waals surface area contributed by atoms with Crippen LogP contribution < -0.4 is 0 Å². The van der Waals surface area contributed by atoms with Crippen molar-refractivity contribution >= 4 is 13.8 Å². The normalized spacial score (nSPS) is 27.9. The van der Waals surface area contributed by atoms with E-state index >= 15 is 0 Å². The number of ether oxygens (including phenoxy) is 1. The molecular weight excluding hydrogens is 535 g/mol. The van der Waals surface area contributed by atoms with Crippen LogP contribution in [0.25, 0.3) is 0 Å². The van der Waals surface area contributed by atoms with Crippen LogP contribution in [0.15, 0.2) is 12.2 Å². The molecule has 1 saturated carbocycles. The topological polar surface area (TPSA) is 203 Å². The average Bonchev–Trinajstić information content (AvgIpc) is 2.91. The fourth-order valence-electron chi connectivity index (χ4n) is 4.16. The number of phosphoric ester groups is 1. The average molecular weight is 585 g/mol. The second-order valence-corrected chi connectivity index (χ2v) is 11.5. The minimum absolute atomic E-state index is 0.184. The predicted molar refractivity (Wildman–Crippen MR) is 142 cm³/mol. The summed E-state index contributed by atoms with van der Waals surface area (Å²) >= 11 is 0. The molecule has 230 valence electrons. The molecule has 1 fully saturated rings. The first kappa shape index (κ1) is 36.1. The van der Waals surface area contributed by atoms with E-state index in [0.29, 0.717) is 6.42 Å². The number of aliphatic hydroxyl groups excluding tert-OH is 6. The van der Waals surface area contributed by atoms with Crippen molar-refractivity contribution in [2.75, 3.05) is 13.2 Å². The number of hydrogen-bond donors (Lipinski definition) is 7. The molecule has 12 nitrogen and oxygen atoms in total. The summed E-state index contributed by atoms with van der Waals surface area (Å²) in [5, 5.41) is 58.5. The molecule has 0 saturated heterocycles. The van der Waals surface area contributed by atoms with Gasteiger partial charge in [-0.15, -0.1) is 0 Å². The van der Waals surface area contributed by atoms with Crippen molar-refractivity contribution in [2.45, 2.75) is 133 Å². The molecule has 39 heavy (non-hydrogen) atoms. The highest BCUT2D eigenvalue weighted by Crippen LogP contribution is 2.47. The smallest absolute Gasteiger partial charge is 0.463 e. The molecule has 0 radical (unpaired) electrons. The number of aliphatic hydroxyl groups is 6. The number of carbonyl (C=O) groups is 1. The van der Waals surface area contributed by atoms with Gasteiger partial charge in [-0.2, -0.15) is 0 Å². The molecule has 5 unspecified atom stereocenters. The first-order valence-electron chi connectivity index (χ1n) is 14.0. The quantitative estimate of drug-likeness (QED) is 0.0447. The zero-order chi connectivity index (χ0) is 29.3. The molecule has 0 heterocycles. The van der Waals surface area contributed by atoms with E-state index < -0.39 is 69.7 Å². The van der Waals surface area contributed by atoms with Crippen molar-refractivity contribution in [3.05, 3.63) is 12.2 Å². The first-order chi connectivity index (χ1) is 18.5. The van der Waals surface area contributed by atoms with Gasteiger partial charge in [-0.25, -0.2) is 4.57 Å². The number of hydrogen-bond acceptors (Lipinski definition) is 11. The lowest BCUT2D eigenvalue weighted by molar-refractivity contribution is -0.220. The summed E-state index contributed by atoms with van der Waals surface area (Å²) in [5.74, 6) is -0.517. The fraction of sp³-hybridized carbons (Fsp3) is 0.885. The molecule has 0 aliphatic heterocycles. The van der Waals surface area contributed by atoms with Gasteiger partial charge in [-0.05, 0) is 32.1 Å². The van der Waals surface area contributed by atoms with E-state index in [1.807, 2.05) is 0 Å². The van der Waals surface area contributed by atoms with E-state index in [2.05, 4.69) is 28.1 Å². The molecule has 1 aliphatic carbocycles. The molecule has 0 bridgehead atoms. The van der Waals surface area contributed by atoms with Crippen molar-refractivity contribution in [3.63, 3.8) is 0 Å². The fourth-order valence-corrected chi connectivity index (χ4v) is 5.14. The maximum absolute atomic E-state index is 12.1. The molecule has 13 heteroatoms. The minimum Gasteiger partial charge on any atom is -0.463 e. The van der Waals surface area contributed by atoms with E-state index in [-0.39, 0.29) is 6.42 Å². The molecule has 1 rings (SSSR count). The summed E-state index contributed by atoms with van der Waals surface area (Å²) in [6.07, 6.45) is 4.91. The number of phosphoric acid groups is 1. The number of rotatable bonds is 21. The van der Waals surface area contributed by atoms with Crippen molar-refractivity contribution < 1.29 is 58.7 Å². The lowest BCUT2D eigenvalue weighted by Gasteiger charge is -2.41. The van der Waals surface area contributed by atoms with Gasteiger partial charge in [-0.3, -0.25) is 13.8 Å². The van der Waals surface area contributed by atoms with Gasteiger partial charge in [0.05, 0.1) is 6.61 Å². The third kappa shape index (κ3) is 15.0. The summed E-state index contributed by atoms with van der Waals surface area (Å²) in [5.41, 5.74) is 0. The second kappa shape index (κ2) is 20.0.